The third kappa shape index (κ3) is 2.93. The van der Waals surface area contributed by atoms with Gasteiger partial charge >= 0.3 is 0 Å². The molecule has 0 fully saturated rings. The fraction of sp³-hybridized carbons (Fsp3) is 0.0500. The second kappa shape index (κ2) is 6.30. The molecular weight excluding hydrogens is 316 g/mol. The summed E-state index contributed by atoms with van der Waals surface area (Å²) >= 11 is 0. The zero-order valence-electron chi connectivity index (χ0n) is 13.3. The van der Waals surface area contributed by atoms with Gasteiger partial charge < -0.3 is 20.2 Å². The Bertz CT molecular complexity index is 959. The quantitative estimate of drug-likeness (QED) is 0.635. The Balaban J connectivity index is 1.63. The zero-order chi connectivity index (χ0) is 17.2. The lowest BCUT2D eigenvalue weighted by Gasteiger charge is -2.05. The van der Waals surface area contributed by atoms with Crippen LogP contribution in [-0.4, -0.2) is 11.0 Å². The van der Waals surface area contributed by atoms with Crippen LogP contribution in [-0.2, 0) is 11.4 Å². The van der Waals surface area contributed by atoms with Crippen molar-refractivity contribution in [3.05, 3.63) is 78.2 Å². The molecule has 5 nitrogen and oxygen atoms in total. The van der Waals surface area contributed by atoms with Crippen LogP contribution < -0.4 is 10.6 Å². The van der Waals surface area contributed by atoms with E-state index in [2.05, 4.69) is 10.6 Å². The molecule has 1 aromatic heterocycles. The van der Waals surface area contributed by atoms with Crippen LogP contribution in [0.15, 0.2) is 71.5 Å². The molecule has 3 N–H and O–H groups in total. The maximum atomic E-state index is 12.3. The van der Waals surface area contributed by atoms with E-state index >= 15 is 0 Å². The number of hydrogen-bond donors (Lipinski definition) is 3. The molecule has 1 aliphatic heterocycles. The van der Waals surface area contributed by atoms with E-state index in [4.69, 9.17) is 4.42 Å². The van der Waals surface area contributed by atoms with Gasteiger partial charge in [-0.1, -0.05) is 24.3 Å². The summed E-state index contributed by atoms with van der Waals surface area (Å²) in [6.07, 6.45) is 3.31. The minimum Gasteiger partial charge on any atom is -0.464 e. The van der Waals surface area contributed by atoms with E-state index in [1.807, 2.05) is 54.6 Å². The van der Waals surface area contributed by atoms with Crippen LogP contribution in [0.2, 0.25) is 0 Å². The predicted octanol–water partition coefficient (Wildman–Crippen LogP) is 3.84. The van der Waals surface area contributed by atoms with Gasteiger partial charge in [-0.3, -0.25) is 4.79 Å². The van der Waals surface area contributed by atoms with Gasteiger partial charge in [0.05, 0.1) is 18.4 Å². The molecule has 0 spiro atoms. The van der Waals surface area contributed by atoms with Crippen molar-refractivity contribution in [1.82, 2.24) is 0 Å². The number of carbonyl (C=O) groups is 1. The lowest BCUT2D eigenvalue weighted by molar-refractivity contribution is -0.110. The van der Waals surface area contributed by atoms with Crippen molar-refractivity contribution >= 4 is 22.9 Å². The summed E-state index contributed by atoms with van der Waals surface area (Å²) in [5.74, 6) is 0.603. The van der Waals surface area contributed by atoms with Crippen molar-refractivity contribution in [3.8, 4) is 11.3 Å². The minimum atomic E-state index is -0.155. The van der Waals surface area contributed by atoms with Crippen LogP contribution in [0.1, 0.15) is 11.1 Å². The van der Waals surface area contributed by atoms with Gasteiger partial charge in [-0.2, -0.15) is 0 Å². The van der Waals surface area contributed by atoms with Crippen LogP contribution in [0.4, 0.5) is 11.4 Å². The van der Waals surface area contributed by atoms with Crippen molar-refractivity contribution < 1.29 is 14.3 Å². The van der Waals surface area contributed by atoms with Gasteiger partial charge in [-0.05, 0) is 35.9 Å². The van der Waals surface area contributed by atoms with Crippen LogP contribution in [0.3, 0.4) is 0 Å². The number of carbonyl (C=O) groups excluding carboxylic acids is 1. The Morgan fingerprint density at radius 3 is 2.84 bits per heavy atom. The van der Waals surface area contributed by atoms with Crippen LogP contribution in [0.5, 0.6) is 0 Å². The molecule has 0 atom stereocenters. The molecule has 0 radical (unpaired) electrons. The van der Waals surface area contributed by atoms with Crippen molar-refractivity contribution in [2.75, 3.05) is 10.6 Å². The number of anilines is 2. The highest BCUT2D eigenvalue weighted by atomic mass is 16.3. The van der Waals surface area contributed by atoms with Crippen molar-refractivity contribution in [3.63, 3.8) is 0 Å². The van der Waals surface area contributed by atoms with Gasteiger partial charge in [-0.25, -0.2) is 0 Å². The van der Waals surface area contributed by atoms with Crippen molar-refractivity contribution in [2.45, 2.75) is 6.61 Å². The fourth-order valence-corrected chi connectivity index (χ4v) is 2.85. The SMILES string of the molecule is O=C1Nc2cc(-c3ccco3)ccc2C1=CNc1cccc(CO)c1. The molecule has 5 heteroatoms. The molecule has 124 valence electrons. The monoisotopic (exact) mass is 332 g/mol. The summed E-state index contributed by atoms with van der Waals surface area (Å²) in [5, 5.41) is 15.2. The highest BCUT2D eigenvalue weighted by Gasteiger charge is 2.24. The molecule has 0 saturated carbocycles. The zero-order valence-corrected chi connectivity index (χ0v) is 13.3. The summed E-state index contributed by atoms with van der Waals surface area (Å²) in [6, 6.07) is 16.9. The molecule has 0 saturated heterocycles. The van der Waals surface area contributed by atoms with Gasteiger partial charge in [0.25, 0.3) is 5.91 Å². The maximum Gasteiger partial charge on any atom is 0.257 e. The minimum absolute atomic E-state index is 0.0229. The first-order valence-corrected chi connectivity index (χ1v) is 7.91. The standard InChI is InChI=1S/C20H16N2O3/c23-12-13-3-1-4-15(9-13)21-11-17-16-7-6-14(19-5-2-8-25-19)10-18(16)22-20(17)24/h1-11,21,23H,12H2,(H,22,24). The fourth-order valence-electron chi connectivity index (χ4n) is 2.85. The first kappa shape index (κ1) is 15.2. The Kier molecular flexibility index (Phi) is 3.84. The van der Waals surface area contributed by atoms with Gasteiger partial charge in [-0.15, -0.1) is 0 Å². The van der Waals surface area contributed by atoms with E-state index in [0.717, 1.165) is 33.8 Å². The lowest BCUT2D eigenvalue weighted by Crippen LogP contribution is -2.05. The molecule has 0 aliphatic carbocycles. The topological polar surface area (TPSA) is 74.5 Å². The summed E-state index contributed by atoms with van der Waals surface area (Å²) in [4.78, 5) is 12.3. The van der Waals surface area contributed by atoms with Gasteiger partial charge in [0, 0.05) is 28.7 Å². The van der Waals surface area contributed by atoms with Crippen LogP contribution in [0, 0.1) is 0 Å². The van der Waals surface area contributed by atoms with E-state index in [-0.39, 0.29) is 12.5 Å². The largest absolute Gasteiger partial charge is 0.464 e. The number of rotatable bonds is 4. The third-order valence-corrected chi connectivity index (χ3v) is 4.10. The first-order chi connectivity index (χ1) is 12.2. The Hall–Kier alpha value is -3.31. The molecule has 25 heavy (non-hydrogen) atoms. The highest BCUT2D eigenvalue weighted by Crippen LogP contribution is 2.35. The average molecular weight is 332 g/mol. The maximum absolute atomic E-state index is 12.3. The summed E-state index contributed by atoms with van der Waals surface area (Å²) < 4.78 is 5.40. The lowest BCUT2D eigenvalue weighted by atomic mass is 10.0. The average Bonchev–Trinajstić information content (AvgIpc) is 3.27. The number of benzene rings is 2. The number of hydrogen-bond acceptors (Lipinski definition) is 4. The Morgan fingerprint density at radius 1 is 1.12 bits per heavy atom. The third-order valence-electron chi connectivity index (χ3n) is 4.10. The molecule has 1 aliphatic rings. The molecule has 3 aromatic rings. The highest BCUT2D eigenvalue weighted by molar-refractivity contribution is 6.31. The van der Waals surface area contributed by atoms with Gasteiger partial charge in [0.2, 0.25) is 0 Å². The number of fused-ring (bicyclic) bond motifs is 1. The Morgan fingerprint density at radius 2 is 2.04 bits per heavy atom. The predicted molar refractivity (Wildman–Crippen MR) is 96.7 cm³/mol. The number of aliphatic hydroxyl groups is 1. The van der Waals surface area contributed by atoms with Crippen molar-refractivity contribution in [1.29, 1.82) is 0 Å². The number of nitrogens with one attached hydrogen (secondary N) is 2. The second-order valence-electron chi connectivity index (χ2n) is 5.75. The molecule has 1 amide bonds. The first-order valence-electron chi connectivity index (χ1n) is 7.91. The molecular formula is C20H16N2O3. The summed E-state index contributed by atoms with van der Waals surface area (Å²) in [7, 11) is 0. The number of furan rings is 1. The number of amides is 1. The van der Waals surface area contributed by atoms with Gasteiger partial charge in [0.1, 0.15) is 5.76 Å². The van der Waals surface area contributed by atoms with E-state index in [1.54, 1.807) is 12.5 Å². The normalized spacial score (nSPS) is 14.4. The van der Waals surface area contributed by atoms with E-state index < -0.39 is 0 Å². The molecule has 4 rings (SSSR count). The van der Waals surface area contributed by atoms with E-state index in [0.29, 0.717) is 5.57 Å². The molecule has 2 aromatic carbocycles. The van der Waals surface area contributed by atoms with Crippen LogP contribution in [0.25, 0.3) is 16.9 Å². The Labute approximate surface area is 144 Å². The number of aliphatic hydroxyl groups excluding tert-OH is 1. The molecule has 0 bridgehead atoms. The molecule has 2 heterocycles. The second-order valence-corrected chi connectivity index (χ2v) is 5.75. The molecule has 0 unspecified atom stereocenters. The smallest absolute Gasteiger partial charge is 0.257 e. The van der Waals surface area contributed by atoms with E-state index in [9.17, 15) is 9.90 Å². The van der Waals surface area contributed by atoms with Crippen molar-refractivity contribution in [2.24, 2.45) is 0 Å². The summed E-state index contributed by atoms with van der Waals surface area (Å²) in [5.41, 5.74) is 4.70. The van der Waals surface area contributed by atoms with Gasteiger partial charge in [0.15, 0.2) is 0 Å². The van der Waals surface area contributed by atoms with E-state index in [1.165, 1.54) is 0 Å². The van der Waals surface area contributed by atoms with Crippen LogP contribution >= 0.6 is 0 Å². The summed E-state index contributed by atoms with van der Waals surface area (Å²) in [6.45, 7) is -0.0229.